The summed E-state index contributed by atoms with van der Waals surface area (Å²) in [5.74, 6) is -0.0553. The van der Waals surface area contributed by atoms with Crippen molar-refractivity contribution in [1.82, 2.24) is 9.88 Å². The molecule has 6 heteroatoms. The van der Waals surface area contributed by atoms with Gasteiger partial charge in [0, 0.05) is 22.8 Å². The molecule has 0 saturated heterocycles. The maximum Gasteiger partial charge on any atom is 0.238 e. The molecule has 2 rings (SSSR count). The summed E-state index contributed by atoms with van der Waals surface area (Å²) in [4.78, 5) is 19.3. The fraction of sp³-hybridized carbons (Fsp3) is 0.286. The van der Waals surface area contributed by atoms with Crippen LogP contribution >= 0.6 is 11.3 Å². The van der Waals surface area contributed by atoms with Crippen LogP contribution in [0.2, 0.25) is 0 Å². The number of aromatic nitrogens is 1. The Morgan fingerprint density at radius 3 is 2.95 bits per heavy atom. The fourth-order valence-electron chi connectivity index (χ4n) is 1.84. The Morgan fingerprint density at radius 1 is 1.50 bits per heavy atom. The van der Waals surface area contributed by atoms with Crippen molar-refractivity contribution in [2.24, 2.45) is 0 Å². The number of rotatable bonds is 5. The molecule has 0 fully saturated rings. The van der Waals surface area contributed by atoms with Crippen molar-refractivity contribution in [3.05, 3.63) is 40.3 Å². The first-order valence-electron chi connectivity index (χ1n) is 6.27. The minimum Gasteiger partial charge on any atom is -0.399 e. The van der Waals surface area contributed by atoms with E-state index in [1.807, 2.05) is 36.5 Å². The van der Waals surface area contributed by atoms with Crippen molar-refractivity contribution in [2.45, 2.75) is 13.5 Å². The summed E-state index contributed by atoms with van der Waals surface area (Å²) in [5.41, 5.74) is 9.88. The van der Waals surface area contributed by atoms with Gasteiger partial charge in [0.1, 0.15) is 0 Å². The second-order valence-corrected chi connectivity index (χ2v) is 5.65. The van der Waals surface area contributed by atoms with Crippen LogP contribution < -0.4 is 11.1 Å². The average Bonchev–Trinajstić information content (AvgIpc) is 2.74. The normalized spacial score (nSPS) is 10.8. The Labute approximate surface area is 122 Å². The molecule has 1 amide bonds. The van der Waals surface area contributed by atoms with Gasteiger partial charge < -0.3 is 11.1 Å². The number of likely N-dealkylation sites (N-methyl/N-ethyl adjacent to an activating group) is 1. The molecule has 5 nitrogen and oxygen atoms in total. The molecule has 106 valence electrons. The standard InChI is InChI=1S/C14H18N4OS/c1-10-13(20-9-16-10)7-18(2)8-14(19)17-12-5-3-4-11(15)6-12/h3-6,9H,7-8,15H2,1-2H3,(H,17,19). The van der Waals surface area contributed by atoms with Gasteiger partial charge in [-0.3, -0.25) is 9.69 Å². The van der Waals surface area contributed by atoms with Crippen LogP contribution in [0.3, 0.4) is 0 Å². The quantitative estimate of drug-likeness (QED) is 0.827. The smallest absolute Gasteiger partial charge is 0.238 e. The van der Waals surface area contributed by atoms with Gasteiger partial charge in [-0.05, 0) is 32.2 Å². The van der Waals surface area contributed by atoms with E-state index in [4.69, 9.17) is 5.73 Å². The zero-order valence-electron chi connectivity index (χ0n) is 11.6. The van der Waals surface area contributed by atoms with Crippen LogP contribution in [0, 0.1) is 6.92 Å². The van der Waals surface area contributed by atoms with E-state index in [1.165, 1.54) is 4.88 Å². The summed E-state index contributed by atoms with van der Waals surface area (Å²) in [6.45, 7) is 3.03. The van der Waals surface area contributed by atoms with Crippen molar-refractivity contribution < 1.29 is 4.79 Å². The summed E-state index contributed by atoms with van der Waals surface area (Å²) in [5, 5.41) is 2.84. The van der Waals surface area contributed by atoms with Gasteiger partial charge in [-0.2, -0.15) is 0 Å². The highest BCUT2D eigenvalue weighted by Crippen LogP contribution is 2.14. The molecule has 0 unspecified atom stereocenters. The molecule has 0 radical (unpaired) electrons. The first-order valence-corrected chi connectivity index (χ1v) is 7.15. The number of carbonyl (C=O) groups excluding carboxylic acids is 1. The zero-order valence-corrected chi connectivity index (χ0v) is 12.4. The number of benzene rings is 1. The molecular formula is C14H18N4OS. The maximum absolute atomic E-state index is 11.9. The molecule has 2 aromatic rings. The van der Waals surface area contributed by atoms with E-state index < -0.39 is 0 Å². The Kier molecular flexibility index (Phi) is 4.70. The number of carbonyl (C=O) groups is 1. The van der Waals surface area contributed by atoms with Crippen molar-refractivity contribution in [3.8, 4) is 0 Å². The number of anilines is 2. The molecule has 0 aliphatic heterocycles. The second-order valence-electron chi connectivity index (χ2n) is 4.71. The Balaban J connectivity index is 1.86. The van der Waals surface area contributed by atoms with E-state index in [9.17, 15) is 4.79 Å². The van der Waals surface area contributed by atoms with E-state index in [-0.39, 0.29) is 5.91 Å². The number of nitrogen functional groups attached to an aromatic ring is 1. The topological polar surface area (TPSA) is 71.2 Å². The molecule has 1 aromatic heterocycles. The van der Waals surface area contributed by atoms with Crippen LogP contribution in [0.15, 0.2) is 29.8 Å². The summed E-state index contributed by atoms with van der Waals surface area (Å²) < 4.78 is 0. The maximum atomic E-state index is 11.9. The van der Waals surface area contributed by atoms with Crippen LogP contribution in [0.1, 0.15) is 10.6 Å². The number of amides is 1. The molecule has 0 aliphatic carbocycles. The lowest BCUT2D eigenvalue weighted by molar-refractivity contribution is -0.117. The van der Waals surface area contributed by atoms with Crippen LogP contribution in [0.5, 0.6) is 0 Å². The Hall–Kier alpha value is -1.92. The lowest BCUT2D eigenvalue weighted by Gasteiger charge is -2.15. The van der Waals surface area contributed by atoms with Gasteiger partial charge in [0.15, 0.2) is 0 Å². The molecule has 3 N–H and O–H groups in total. The predicted molar refractivity (Wildman–Crippen MR) is 82.7 cm³/mol. The molecule has 0 saturated carbocycles. The SMILES string of the molecule is Cc1ncsc1CN(C)CC(=O)Nc1cccc(N)c1. The highest BCUT2D eigenvalue weighted by atomic mass is 32.1. The van der Waals surface area contributed by atoms with Crippen LogP contribution in [-0.4, -0.2) is 29.4 Å². The molecule has 0 bridgehead atoms. The van der Waals surface area contributed by atoms with Gasteiger partial charge in [0.05, 0.1) is 17.7 Å². The molecule has 1 aromatic carbocycles. The fourth-order valence-corrected chi connectivity index (χ4v) is 2.70. The van der Waals surface area contributed by atoms with Gasteiger partial charge in [-0.15, -0.1) is 11.3 Å². The lowest BCUT2D eigenvalue weighted by Crippen LogP contribution is -2.29. The third-order valence-electron chi connectivity index (χ3n) is 2.84. The average molecular weight is 290 g/mol. The van der Waals surface area contributed by atoms with Gasteiger partial charge >= 0.3 is 0 Å². The zero-order chi connectivity index (χ0) is 14.5. The van der Waals surface area contributed by atoms with Crippen LogP contribution in [-0.2, 0) is 11.3 Å². The second kappa shape index (κ2) is 6.49. The monoisotopic (exact) mass is 290 g/mol. The largest absolute Gasteiger partial charge is 0.399 e. The third kappa shape index (κ3) is 4.04. The molecule has 1 heterocycles. The number of nitrogens with zero attached hydrogens (tertiary/aromatic N) is 2. The van der Waals surface area contributed by atoms with Gasteiger partial charge in [-0.25, -0.2) is 4.98 Å². The first kappa shape index (κ1) is 14.5. The van der Waals surface area contributed by atoms with Crippen molar-refractivity contribution in [3.63, 3.8) is 0 Å². The minimum absolute atomic E-state index is 0.0553. The van der Waals surface area contributed by atoms with E-state index in [2.05, 4.69) is 10.3 Å². The van der Waals surface area contributed by atoms with E-state index >= 15 is 0 Å². The number of thiazole rings is 1. The van der Waals surface area contributed by atoms with E-state index in [1.54, 1.807) is 23.5 Å². The summed E-state index contributed by atoms with van der Waals surface area (Å²) in [6.07, 6.45) is 0. The Bertz CT molecular complexity index is 596. The number of aryl methyl sites for hydroxylation is 1. The van der Waals surface area contributed by atoms with Gasteiger partial charge in [0.2, 0.25) is 5.91 Å². The summed E-state index contributed by atoms with van der Waals surface area (Å²) in [7, 11) is 1.91. The van der Waals surface area contributed by atoms with Crippen molar-refractivity contribution in [1.29, 1.82) is 0 Å². The first-order chi connectivity index (χ1) is 9.54. The summed E-state index contributed by atoms with van der Waals surface area (Å²) in [6, 6.07) is 7.16. The lowest BCUT2D eigenvalue weighted by atomic mass is 10.3. The molecule has 0 atom stereocenters. The van der Waals surface area contributed by atoms with Crippen LogP contribution in [0.4, 0.5) is 11.4 Å². The van der Waals surface area contributed by atoms with Crippen molar-refractivity contribution in [2.75, 3.05) is 24.6 Å². The van der Waals surface area contributed by atoms with Gasteiger partial charge in [0.25, 0.3) is 0 Å². The van der Waals surface area contributed by atoms with E-state index in [0.29, 0.717) is 12.2 Å². The van der Waals surface area contributed by atoms with Crippen molar-refractivity contribution >= 4 is 28.6 Å². The molecule has 0 aliphatic rings. The third-order valence-corrected chi connectivity index (χ3v) is 3.76. The molecule has 20 heavy (non-hydrogen) atoms. The van der Waals surface area contributed by atoms with Crippen LogP contribution in [0.25, 0.3) is 0 Å². The highest BCUT2D eigenvalue weighted by Gasteiger charge is 2.10. The molecule has 0 spiro atoms. The van der Waals surface area contributed by atoms with E-state index in [0.717, 1.165) is 17.9 Å². The Morgan fingerprint density at radius 2 is 2.30 bits per heavy atom. The van der Waals surface area contributed by atoms with Gasteiger partial charge in [-0.1, -0.05) is 6.07 Å². The number of hydrogen-bond donors (Lipinski definition) is 2. The number of hydrogen-bond acceptors (Lipinski definition) is 5. The summed E-state index contributed by atoms with van der Waals surface area (Å²) >= 11 is 1.61. The predicted octanol–water partition coefficient (Wildman–Crippen LogP) is 2.10. The highest BCUT2D eigenvalue weighted by molar-refractivity contribution is 7.09. The molecular weight excluding hydrogens is 272 g/mol. The number of nitrogens with two attached hydrogens (primary N) is 1. The minimum atomic E-state index is -0.0553. The number of nitrogens with one attached hydrogen (secondary N) is 1.